The van der Waals surface area contributed by atoms with Crippen LogP contribution in [0.25, 0.3) is 11.0 Å². The first-order valence-corrected chi connectivity index (χ1v) is 8.03. The molecule has 0 aliphatic carbocycles. The second kappa shape index (κ2) is 6.44. The molecule has 1 aromatic heterocycles. The molecule has 1 fully saturated rings. The fourth-order valence-electron chi connectivity index (χ4n) is 3.37. The molecule has 0 bridgehead atoms. The normalized spacial score (nSPS) is 20.5. The highest BCUT2D eigenvalue weighted by atomic mass is 16.3. The van der Waals surface area contributed by atoms with E-state index < -0.39 is 0 Å². The van der Waals surface area contributed by atoms with Crippen LogP contribution in [0.4, 0.5) is 0 Å². The molecule has 1 aromatic carbocycles. The molecule has 1 aliphatic rings. The van der Waals surface area contributed by atoms with E-state index in [1.165, 1.54) is 25.7 Å². The van der Waals surface area contributed by atoms with Gasteiger partial charge in [0.25, 0.3) is 0 Å². The van der Waals surface area contributed by atoms with Gasteiger partial charge < -0.3 is 4.42 Å². The van der Waals surface area contributed by atoms with Crippen molar-refractivity contribution in [1.29, 1.82) is 0 Å². The topological polar surface area (TPSA) is 33.5 Å². The van der Waals surface area contributed by atoms with Gasteiger partial charge in [0.1, 0.15) is 11.8 Å². The number of hydrogen-bond acceptors (Lipinski definition) is 3. The van der Waals surface area contributed by atoms with Crippen LogP contribution in [0.2, 0.25) is 0 Å². The predicted molar refractivity (Wildman–Crippen MR) is 84.7 cm³/mol. The van der Waals surface area contributed by atoms with Gasteiger partial charge in [-0.1, -0.05) is 38.0 Å². The van der Waals surface area contributed by atoms with Crippen LogP contribution in [0.1, 0.15) is 49.4 Å². The van der Waals surface area contributed by atoms with E-state index in [9.17, 15) is 4.79 Å². The molecule has 112 valence electrons. The minimum Gasteiger partial charge on any atom is -0.464 e. The van der Waals surface area contributed by atoms with Gasteiger partial charge in [0.2, 0.25) is 0 Å². The third kappa shape index (κ3) is 3.03. The highest BCUT2D eigenvalue weighted by molar-refractivity contribution is 6.08. The average Bonchev–Trinajstić information content (AvgIpc) is 2.81. The zero-order valence-corrected chi connectivity index (χ0v) is 12.7. The van der Waals surface area contributed by atoms with Crippen molar-refractivity contribution in [3.63, 3.8) is 0 Å². The maximum atomic E-state index is 12.7. The molecule has 0 saturated carbocycles. The van der Waals surface area contributed by atoms with E-state index >= 15 is 0 Å². The summed E-state index contributed by atoms with van der Waals surface area (Å²) in [5.41, 5.74) is 1.52. The van der Waals surface area contributed by atoms with Crippen LogP contribution in [0.3, 0.4) is 0 Å². The van der Waals surface area contributed by atoms with E-state index in [-0.39, 0.29) is 5.78 Å². The van der Waals surface area contributed by atoms with Crippen LogP contribution in [-0.2, 0) is 0 Å². The molecule has 1 saturated heterocycles. The summed E-state index contributed by atoms with van der Waals surface area (Å²) in [6.45, 7) is 3.78. The van der Waals surface area contributed by atoms with E-state index in [4.69, 9.17) is 4.42 Å². The van der Waals surface area contributed by atoms with Crippen LogP contribution in [0.5, 0.6) is 0 Å². The number of benzene rings is 1. The summed E-state index contributed by atoms with van der Waals surface area (Å²) in [7, 11) is 0. The number of para-hydroxylation sites is 1. The first-order valence-electron chi connectivity index (χ1n) is 8.03. The molecule has 0 N–H and O–H groups in total. The minimum atomic E-state index is 0.181. The third-order valence-corrected chi connectivity index (χ3v) is 4.60. The number of carbonyl (C=O) groups is 1. The summed E-state index contributed by atoms with van der Waals surface area (Å²) in [6.07, 6.45) is 7.74. The molecule has 1 atom stereocenters. The number of likely N-dealkylation sites (tertiary alicyclic amines) is 1. The highest BCUT2D eigenvalue weighted by Gasteiger charge is 2.23. The Hall–Kier alpha value is -1.61. The number of rotatable bonds is 4. The van der Waals surface area contributed by atoms with Gasteiger partial charge in [0.15, 0.2) is 5.78 Å². The second-order valence-corrected chi connectivity index (χ2v) is 5.95. The van der Waals surface area contributed by atoms with Crippen molar-refractivity contribution in [2.24, 2.45) is 0 Å². The van der Waals surface area contributed by atoms with Crippen molar-refractivity contribution >= 4 is 16.8 Å². The first kappa shape index (κ1) is 14.3. The minimum absolute atomic E-state index is 0.181. The molecular formula is C18H23NO2. The van der Waals surface area contributed by atoms with E-state index in [1.54, 1.807) is 6.26 Å². The van der Waals surface area contributed by atoms with Crippen molar-refractivity contribution in [1.82, 2.24) is 4.90 Å². The molecule has 0 spiro atoms. The van der Waals surface area contributed by atoms with E-state index in [1.807, 2.05) is 24.3 Å². The summed E-state index contributed by atoms with van der Waals surface area (Å²) >= 11 is 0. The Labute approximate surface area is 125 Å². The van der Waals surface area contributed by atoms with Gasteiger partial charge in [0, 0.05) is 11.4 Å². The van der Waals surface area contributed by atoms with E-state index in [0.717, 1.165) is 29.5 Å². The summed E-state index contributed by atoms with van der Waals surface area (Å²) in [5, 5.41) is 0.936. The quantitative estimate of drug-likeness (QED) is 0.787. The van der Waals surface area contributed by atoms with Crippen LogP contribution >= 0.6 is 0 Å². The lowest BCUT2D eigenvalue weighted by Crippen LogP contribution is -2.38. The van der Waals surface area contributed by atoms with Gasteiger partial charge in [-0.15, -0.1) is 0 Å². The maximum absolute atomic E-state index is 12.7. The van der Waals surface area contributed by atoms with Crippen LogP contribution in [-0.4, -0.2) is 29.8 Å². The van der Waals surface area contributed by atoms with Crippen LogP contribution in [0, 0.1) is 0 Å². The molecule has 1 unspecified atom stereocenters. The molecule has 21 heavy (non-hydrogen) atoms. The lowest BCUT2D eigenvalue weighted by atomic mass is 10.1. The van der Waals surface area contributed by atoms with Crippen molar-refractivity contribution in [2.75, 3.05) is 13.1 Å². The van der Waals surface area contributed by atoms with Gasteiger partial charge >= 0.3 is 0 Å². The molecule has 2 aromatic rings. The van der Waals surface area contributed by atoms with Gasteiger partial charge in [-0.2, -0.15) is 0 Å². The maximum Gasteiger partial charge on any atom is 0.180 e. The molecule has 1 aliphatic heterocycles. The number of hydrogen-bond donors (Lipinski definition) is 0. The van der Waals surface area contributed by atoms with Gasteiger partial charge in [0.05, 0.1) is 12.1 Å². The van der Waals surface area contributed by atoms with Crippen molar-refractivity contribution < 1.29 is 9.21 Å². The van der Waals surface area contributed by atoms with Crippen molar-refractivity contribution in [3.8, 4) is 0 Å². The van der Waals surface area contributed by atoms with Crippen LogP contribution in [0.15, 0.2) is 34.9 Å². The summed E-state index contributed by atoms with van der Waals surface area (Å²) in [4.78, 5) is 15.0. The second-order valence-electron chi connectivity index (χ2n) is 5.95. The fourth-order valence-corrected chi connectivity index (χ4v) is 3.37. The molecular weight excluding hydrogens is 262 g/mol. The molecule has 3 nitrogen and oxygen atoms in total. The first-order chi connectivity index (χ1) is 10.3. The Bertz CT molecular complexity index is 616. The molecule has 0 radical (unpaired) electrons. The molecule has 2 heterocycles. The zero-order valence-electron chi connectivity index (χ0n) is 12.7. The Kier molecular flexibility index (Phi) is 4.39. The zero-order chi connectivity index (χ0) is 14.7. The van der Waals surface area contributed by atoms with Gasteiger partial charge in [-0.25, -0.2) is 0 Å². The number of Topliss-reactive ketones (excluding diaryl/α,β-unsaturated/α-hetero) is 1. The lowest BCUT2D eigenvalue weighted by molar-refractivity contribution is 0.0891. The number of nitrogens with zero attached hydrogens (tertiary/aromatic N) is 1. The Morgan fingerprint density at radius 1 is 1.29 bits per heavy atom. The predicted octanol–water partition coefficient (Wildman–Crippen LogP) is 4.27. The van der Waals surface area contributed by atoms with Crippen molar-refractivity contribution in [3.05, 3.63) is 36.1 Å². The molecule has 3 rings (SSSR count). The lowest BCUT2D eigenvalue weighted by Gasteiger charge is -2.28. The molecule has 0 amide bonds. The smallest absolute Gasteiger partial charge is 0.180 e. The third-order valence-electron chi connectivity index (χ3n) is 4.60. The standard InChI is InChI=1S/C18H23NO2/c1-2-14-8-4-3-7-11-19(14)12-17(20)16-13-21-18-10-6-5-9-15(16)18/h5-6,9-10,13-14H,2-4,7-8,11-12H2,1H3. The van der Waals surface area contributed by atoms with Gasteiger partial charge in [-0.3, -0.25) is 9.69 Å². The summed E-state index contributed by atoms with van der Waals surface area (Å²) in [6, 6.07) is 8.31. The Balaban J connectivity index is 1.78. The number of ketones is 1. The van der Waals surface area contributed by atoms with Gasteiger partial charge in [-0.05, 0) is 31.9 Å². The summed E-state index contributed by atoms with van der Waals surface area (Å²) < 4.78 is 5.50. The number of furan rings is 1. The monoisotopic (exact) mass is 285 g/mol. The average molecular weight is 285 g/mol. The number of fused-ring (bicyclic) bond motifs is 1. The van der Waals surface area contributed by atoms with E-state index in [0.29, 0.717) is 12.6 Å². The highest BCUT2D eigenvalue weighted by Crippen LogP contribution is 2.23. The Morgan fingerprint density at radius 2 is 2.14 bits per heavy atom. The fraction of sp³-hybridized carbons (Fsp3) is 0.500. The Morgan fingerprint density at radius 3 is 3.00 bits per heavy atom. The summed E-state index contributed by atoms with van der Waals surface area (Å²) in [5.74, 6) is 0.181. The van der Waals surface area contributed by atoms with Crippen molar-refractivity contribution in [2.45, 2.75) is 45.1 Å². The molecule has 3 heteroatoms. The van der Waals surface area contributed by atoms with Crippen LogP contribution < -0.4 is 0 Å². The largest absolute Gasteiger partial charge is 0.464 e. The van der Waals surface area contributed by atoms with E-state index in [2.05, 4.69) is 11.8 Å². The SMILES string of the molecule is CCC1CCCCCN1CC(=O)c1coc2ccccc12. The number of carbonyl (C=O) groups excluding carboxylic acids is 1.